The zero-order valence-corrected chi connectivity index (χ0v) is 15.8. The van der Waals surface area contributed by atoms with Crippen LogP contribution in [0.15, 0.2) is 48.7 Å². The van der Waals surface area contributed by atoms with E-state index >= 15 is 0 Å². The minimum Gasteiger partial charge on any atom is -0.355 e. The number of para-hydroxylation sites is 2. The van der Waals surface area contributed by atoms with Gasteiger partial charge >= 0.3 is 0 Å². The molecule has 2 aromatic heterocycles. The fourth-order valence-electron chi connectivity index (χ4n) is 3.65. The molecule has 144 valence electrons. The van der Waals surface area contributed by atoms with Crippen LogP contribution in [-0.4, -0.2) is 44.3 Å². The van der Waals surface area contributed by atoms with E-state index in [2.05, 4.69) is 19.9 Å². The van der Waals surface area contributed by atoms with Crippen molar-refractivity contribution in [1.29, 1.82) is 0 Å². The zero-order chi connectivity index (χ0) is 19.5. The van der Waals surface area contributed by atoms with E-state index in [9.17, 15) is 9.59 Å². The maximum atomic E-state index is 12.5. The quantitative estimate of drug-likeness (QED) is 0.709. The van der Waals surface area contributed by atoms with Crippen molar-refractivity contribution in [3.63, 3.8) is 0 Å². The molecule has 3 aromatic rings. The monoisotopic (exact) mass is 377 g/mol. The number of benzene rings is 1. The summed E-state index contributed by atoms with van der Waals surface area (Å²) in [4.78, 5) is 35.3. The summed E-state index contributed by atoms with van der Waals surface area (Å²) in [6.45, 7) is 1.39. The van der Waals surface area contributed by atoms with E-state index < -0.39 is 0 Å². The number of amides is 2. The first-order valence-corrected chi connectivity index (χ1v) is 9.47. The Morgan fingerprint density at radius 1 is 1.21 bits per heavy atom. The zero-order valence-electron chi connectivity index (χ0n) is 15.8. The van der Waals surface area contributed by atoms with Crippen molar-refractivity contribution < 1.29 is 9.59 Å². The van der Waals surface area contributed by atoms with Crippen LogP contribution in [0.2, 0.25) is 0 Å². The molecule has 7 nitrogen and oxygen atoms in total. The third kappa shape index (κ3) is 3.74. The number of carbonyl (C=O) groups excluding carboxylic acids is 2. The van der Waals surface area contributed by atoms with E-state index in [1.165, 1.54) is 0 Å². The molecule has 1 fully saturated rings. The molecule has 1 aliphatic heterocycles. The van der Waals surface area contributed by atoms with Crippen LogP contribution in [0.4, 0.5) is 0 Å². The molecule has 1 aromatic carbocycles. The van der Waals surface area contributed by atoms with Gasteiger partial charge in [-0.1, -0.05) is 18.2 Å². The van der Waals surface area contributed by atoms with Gasteiger partial charge in [0.2, 0.25) is 11.8 Å². The van der Waals surface area contributed by atoms with Crippen molar-refractivity contribution >= 4 is 22.8 Å². The Morgan fingerprint density at radius 3 is 2.82 bits per heavy atom. The number of rotatable bonds is 6. The van der Waals surface area contributed by atoms with Crippen LogP contribution in [-0.2, 0) is 29.6 Å². The molecule has 0 spiro atoms. The Bertz CT molecular complexity index is 998. The smallest absolute Gasteiger partial charge is 0.225 e. The molecular formula is C21H23N5O2. The third-order valence-electron chi connectivity index (χ3n) is 5.19. The number of nitrogens with one attached hydrogen (secondary N) is 1. The van der Waals surface area contributed by atoms with Crippen LogP contribution in [0.1, 0.15) is 17.9 Å². The van der Waals surface area contributed by atoms with Crippen molar-refractivity contribution in [2.45, 2.75) is 19.4 Å². The predicted molar refractivity (Wildman–Crippen MR) is 105 cm³/mol. The maximum Gasteiger partial charge on any atom is 0.225 e. The highest BCUT2D eigenvalue weighted by atomic mass is 16.2. The SMILES string of the molecule is Cn1c(CCNC(=O)C2CC(=O)N(Cc3ccccn3)C2)nc2ccccc21. The summed E-state index contributed by atoms with van der Waals surface area (Å²) in [7, 11) is 1.98. The molecule has 0 saturated carbocycles. The molecule has 0 radical (unpaired) electrons. The lowest BCUT2D eigenvalue weighted by Crippen LogP contribution is -2.34. The average Bonchev–Trinajstić information content (AvgIpc) is 3.23. The Morgan fingerprint density at radius 2 is 2.04 bits per heavy atom. The highest BCUT2D eigenvalue weighted by molar-refractivity contribution is 5.89. The van der Waals surface area contributed by atoms with Crippen LogP contribution in [0.25, 0.3) is 11.0 Å². The molecule has 0 aliphatic carbocycles. The summed E-state index contributed by atoms with van der Waals surface area (Å²) in [5.74, 6) is 0.550. The Balaban J connectivity index is 1.30. The third-order valence-corrected chi connectivity index (χ3v) is 5.19. The van der Waals surface area contributed by atoms with Crippen LogP contribution >= 0.6 is 0 Å². The van der Waals surface area contributed by atoms with Crippen LogP contribution < -0.4 is 5.32 Å². The molecular weight excluding hydrogens is 354 g/mol. The number of likely N-dealkylation sites (tertiary alicyclic amines) is 1. The van der Waals surface area contributed by atoms with Crippen molar-refractivity contribution in [2.75, 3.05) is 13.1 Å². The average molecular weight is 377 g/mol. The second-order valence-corrected chi connectivity index (χ2v) is 7.11. The fraction of sp³-hybridized carbons (Fsp3) is 0.333. The molecule has 2 amide bonds. The number of fused-ring (bicyclic) bond motifs is 1. The summed E-state index contributed by atoms with van der Waals surface area (Å²) in [5.41, 5.74) is 2.87. The highest BCUT2D eigenvalue weighted by Crippen LogP contribution is 2.20. The van der Waals surface area contributed by atoms with Crippen LogP contribution in [0, 0.1) is 5.92 Å². The fourth-order valence-corrected chi connectivity index (χ4v) is 3.65. The van der Waals surface area contributed by atoms with Gasteiger partial charge < -0.3 is 14.8 Å². The minimum absolute atomic E-state index is 0.00107. The summed E-state index contributed by atoms with van der Waals surface area (Å²) < 4.78 is 2.05. The molecule has 1 aliphatic rings. The van der Waals surface area contributed by atoms with E-state index in [0.717, 1.165) is 22.6 Å². The molecule has 1 atom stereocenters. The Kier molecular flexibility index (Phi) is 5.06. The van der Waals surface area contributed by atoms with Crippen molar-refractivity contribution in [1.82, 2.24) is 24.8 Å². The summed E-state index contributed by atoms with van der Waals surface area (Å²) in [6.07, 6.45) is 2.61. The van der Waals surface area contributed by atoms with Gasteiger partial charge in [0, 0.05) is 39.2 Å². The normalized spacial score (nSPS) is 16.7. The lowest BCUT2D eigenvalue weighted by Gasteiger charge is -2.16. The standard InChI is InChI=1S/C21H23N5O2/c1-25-18-8-3-2-7-17(18)24-19(25)9-11-23-21(28)15-12-20(27)26(13-15)14-16-6-4-5-10-22-16/h2-8,10,15H,9,11-14H2,1H3,(H,23,28). The number of hydrogen-bond donors (Lipinski definition) is 1. The van der Waals surface area contributed by atoms with Crippen LogP contribution in [0.3, 0.4) is 0 Å². The largest absolute Gasteiger partial charge is 0.355 e. The summed E-state index contributed by atoms with van der Waals surface area (Å²) >= 11 is 0. The van der Waals surface area contributed by atoms with Gasteiger partial charge in [-0.3, -0.25) is 14.6 Å². The first-order chi connectivity index (χ1) is 13.6. The van der Waals surface area contributed by atoms with Gasteiger partial charge in [-0.15, -0.1) is 0 Å². The molecule has 1 unspecified atom stereocenters. The Hall–Kier alpha value is -3.22. The van der Waals surface area contributed by atoms with Gasteiger partial charge in [0.05, 0.1) is 29.2 Å². The van der Waals surface area contributed by atoms with Gasteiger partial charge in [-0.2, -0.15) is 0 Å². The van der Waals surface area contributed by atoms with Gasteiger partial charge in [-0.25, -0.2) is 4.98 Å². The van der Waals surface area contributed by atoms with E-state index in [1.54, 1.807) is 11.1 Å². The first kappa shape index (κ1) is 18.2. The van der Waals surface area contributed by atoms with Crippen molar-refractivity contribution in [3.05, 3.63) is 60.2 Å². The maximum absolute atomic E-state index is 12.5. The number of hydrogen-bond acceptors (Lipinski definition) is 4. The number of pyridine rings is 1. The summed E-state index contributed by atoms with van der Waals surface area (Å²) in [5, 5.41) is 2.96. The van der Waals surface area contributed by atoms with E-state index in [0.29, 0.717) is 26.1 Å². The molecule has 1 saturated heterocycles. The number of nitrogens with zero attached hydrogens (tertiary/aromatic N) is 4. The van der Waals surface area contributed by atoms with Gasteiger partial charge in [0.1, 0.15) is 5.82 Å². The summed E-state index contributed by atoms with van der Waals surface area (Å²) in [6, 6.07) is 13.6. The molecule has 7 heteroatoms. The second-order valence-electron chi connectivity index (χ2n) is 7.11. The lowest BCUT2D eigenvalue weighted by molar-refractivity contribution is -0.129. The molecule has 3 heterocycles. The van der Waals surface area contributed by atoms with E-state index in [1.807, 2.05) is 49.5 Å². The number of aromatic nitrogens is 3. The Labute approximate surface area is 163 Å². The van der Waals surface area contributed by atoms with Gasteiger partial charge in [0.25, 0.3) is 0 Å². The number of imidazole rings is 1. The highest BCUT2D eigenvalue weighted by Gasteiger charge is 2.34. The molecule has 28 heavy (non-hydrogen) atoms. The first-order valence-electron chi connectivity index (χ1n) is 9.47. The number of aryl methyl sites for hydroxylation is 1. The second kappa shape index (κ2) is 7.80. The molecule has 0 bridgehead atoms. The van der Waals surface area contributed by atoms with Crippen molar-refractivity contribution in [2.24, 2.45) is 13.0 Å². The van der Waals surface area contributed by atoms with E-state index in [-0.39, 0.29) is 24.2 Å². The van der Waals surface area contributed by atoms with E-state index in [4.69, 9.17) is 0 Å². The van der Waals surface area contributed by atoms with Crippen molar-refractivity contribution in [3.8, 4) is 0 Å². The van der Waals surface area contributed by atoms with Gasteiger partial charge in [-0.05, 0) is 24.3 Å². The molecule has 4 rings (SSSR count). The lowest BCUT2D eigenvalue weighted by atomic mass is 10.1. The predicted octanol–water partition coefficient (Wildman–Crippen LogP) is 1.68. The number of carbonyl (C=O) groups is 2. The molecule has 1 N–H and O–H groups in total. The minimum atomic E-state index is -0.309. The van der Waals surface area contributed by atoms with Crippen LogP contribution in [0.5, 0.6) is 0 Å². The van der Waals surface area contributed by atoms with Gasteiger partial charge in [0.15, 0.2) is 0 Å². The topological polar surface area (TPSA) is 80.1 Å².